The van der Waals surface area contributed by atoms with Gasteiger partial charge in [-0.3, -0.25) is 9.59 Å². The van der Waals surface area contributed by atoms with Crippen LogP contribution in [0.4, 0.5) is 0 Å². The summed E-state index contributed by atoms with van der Waals surface area (Å²) in [6.07, 6.45) is 3.31. The Morgan fingerprint density at radius 2 is 1.90 bits per heavy atom. The van der Waals surface area contributed by atoms with Gasteiger partial charge in [0.15, 0.2) is 0 Å². The number of hydrogen-bond acceptors (Lipinski definition) is 3. The van der Waals surface area contributed by atoms with Crippen LogP contribution in [-0.2, 0) is 11.2 Å². The molecule has 2 amide bonds. The first-order chi connectivity index (χ1) is 9.63. The number of nitrogens with two attached hydrogens (primary N) is 2. The van der Waals surface area contributed by atoms with Crippen molar-refractivity contribution in [1.82, 2.24) is 4.90 Å². The second kappa shape index (κ2) is 6.52. The molecular formula is C15H21N3O2. The van der Waals surface area contributed by atoms with E-state index in [1.807, 2.05) is 12.1 Å². The fraction of sp³-hybridized carbons (Fsp3) is 0.467. The summed E-state index contributed by atoms with van der Waals surface area (Å²) in [6, 6.07) is 6.92. The third-order valence-corrected chi connectivity index (χ3v) is 3.73. The van der Waals surface area contributed by atoms with Gasteiger partial charge in [-0.05, 0) is 49.9 Å². The number of benzene rings is 1. The van der Waals surface area contributed by atoms with E-state index < -0.39 is 11.9 Å². The number of amides is 2. The summed E-state index contributed by atoms with van der Waals surface area (Å²) >= 11 is 0. The molecule has 2 rings (SSSR count). The predicted octanol–water partition coefficient (Wildman–Crippen LogP) is 0.668. The summed E-state index contributed by atoms with van der Waals surface area (Å²) in [5.74, 6) is -0.536. The highest BCUT2D eigenvalue weighted by molar-refractivity contribution is 5.97. The standard InChI is InChI=1S/C15H21N3O2/c16-9-8-11-4-6-12(7-5-11)15(20)18-10-2-1-3-13(18)14(17)19/h4-7,13H,1-3,8-10,16H2,(H2,17,19). The number of hydrogen-bond donors (Lipinski definition) is 2. The maximum Gasteiger partial charge on any atom is 0.254 e. The van der Waals surface area contributed by atoms with Gasteiger partial charge in [-0.2, -0.15) is 0 Å². The van der Waals surface area contributed by atoms with Crippen molar-refractivity contribution in [2.75, 3.05) is 13.1 Å². The van der Waals surface area contributed by atoms with E-state index in [2.05, 4.69) is 0 Å². The van der Waals surface area contributed by atoms with Crippen LogP contribution in [0.2, 0.25) is 0 Å². The Hall–Kier alpha value is -1.88. The lowest BCUT2D eigenvalue weighted by Gasteiger charge is -2.33. The number of carbonyl (C=O) groups excluding carboxylic acids is 2. The molecule has 108 valence electrons. The van der Waals surface area contributed by atoms with Crippen LogP contribution < -0.4 is 11.5 Å². The Morgan fingerprint density at radius 1 is 1.20 bits per heavy atom. The number of piperidine rings is 1. The van der Waals surface area contributed by atoms with E-state index in [0.29, 0.717) is 25.1 Å². The minimum Gasteiger partial charge on any atom is -0.368 e. The molecule has 0 radical (unpaired) electrons. The lowest BCUT2D eigenvalue weighted by Crippen LogP contribution is -2.50. The first-order valence-corrected chi connectivity index (χ1v) is 7.03. The molecule has 0 aromatic heterocycles. The largest absolute Gasteiger partial charge is 0.368 e. The van der Waals surface area contributed by atoms with Crippen molar-refractivity contribution in [3.63, 3.8) is 0 Å². The van der Waals surface area contributed by atoms with E-state index in [4.69, 9.17) is 11.5 Å². The average molecular weight is 275 g/mol. The Balaban J connectivity index is 2.14. The minimum atomic E-state index is -0.472. The lowest BCUT2D eigenvalue weighted by atomic mass is 10.00. The highest BCUT2D eigenvalue weighted by atomic mass is 16.2. The molecule has 0 spiro atoms. The van der Waals surface area contributed by atoms with Crippen LogP contribution in [0, 0.1) is 0 Å². The van der Waals surface area contributed by atoms with Gasteiger partial charge in [-0.25, -0.2) is 0 Å². The van der Waals surface area contributed by atoms with Crippen molar-refractivity contribution in [2.45, 2.75) is 31.7 Å². The van der Waals surface area contributed by atoms with E-state index in [0.717, 1.165) is 24.8 Å². The normalized spacial score (nSPS) is 18.9. The van der Waals surface area contributed by atoms with Gasteiger partial charge in [-0.15, -0.1) is 0 Å². The van der Waals surface area contributed by atoms with Gasteiger partial charge in [0, 0.05) is 12.1 Å². The Morgan fingerprint density at radius 3 is 2.50 bits per heavy atom. The predicted molar refractivity (Wildman–Crippen MR) is 77.1 cm³/mol. The third-order valence-electron chi connectivity index (χ3n) is 3.73. The molecule has 20 heavy (non-hydrogen) atoms. The summed E-state index contributed by atoms with van der Waals surface area (Å²) in [6.45, 7) is 1.18. The molecule has 1 fully saturated rings. The van der Waals surface area contributed by atoms with Crippen LogP contribution in [0.25, 0.3) is 0 Å². The number of carbonyl (C=O) groups is 2. The van der Waals surface area contributed by atoms with Crippen molar-refractivity contribution >= 4 is 11.8 Å². The second-order valence-corrected chi connectivity index (χ2v) is 5.15. The zero-order chi connectivity index (χ0) is 14.5. The number of likely N-dealkylation sites (tertiary alicyclic amines) is 1. The van der Waals surface area contributed by atoms with Crippen molar-refractivity contribution in [1.29, 1.82) is 0 Å². The molecule has 1 aliphatic heterocycles. The van der Waals surface area contributed by atoms with Crippen molar-refractivity contribution < 1.29 is 9.59 Å². The molecule has 1 aromatic rings. The van der Waals surface area contributed by atoms with E-state index in [-0.39, 0.29) is 5.91 Å². The molecular weight excluding hydrogens is 254 g/mol. The Labute approximate surface area is 118 Å². The summed E-state index contributed by atoms with van der Waals surface area (Å²) in [7, 11) is 0. The van der Waals surface area contributed by atoms with E-state index in [9.17, 15) is 9.59 Å². The summed E-state index contributed by atoms with van der Waals surface area (Å²) < 4.78 is 0. The van der Waals surface area contributed by atoms with Gasteiger partial charge in [0.2, 0.25) is 5.91 Å². The van der Waals surface area contributed by atoms with Gasteiger partial charge < -0.3 is 16.4 Å². The molecule has 1 aliphatic rings. The van der Waals surface area contributed by atoms with E-state index in [1.54, 1.807) is 17.0 Å². The first kappa shape index (κ1) is 14.5. The van der Waals surface area contributed by atoms with E-state index in [1.165, 1.54) is 0 Å². The number of primary amides is 1. The number of nitrogens with zero attached hydrogens (tertiary/aromatic N) is 1. The SMILES string of the molecule is NCCc1ccc(C(=O)N2CCCCC2C(N)=O)cc1. The van der Waals surface area contributed by atoms with Crippen LogP contribution in [-0.4, -0.2) is 35.8 Å². The maximum atomic E-state index is 12.5. The average Bonchev–Trinajstić information content (AvgIpc) is 2.47. The highest BCUT2D eigenvalue weighted by Gasteiger charge is 2.30. The summed E-state index contributed by atoms with van der Waals surface area (Å²) in [5, 5.41) is 0. The molecule has 5 heteroatoms. The molecule has 0 bridgehead atoms. The third kappa shape index (κ3) is 3.17. The molecule has 1 unspecified atom stereocenters. The van der Waals surface area contributed by atoms with Crippen molar-refractivity contribution in [3.05, 3.63) is 35.4 Å². The van der Waals surface area contributed by atoms with Gasteiger partial charge >= 0.3 is 0 Å². The van der Waals surface area contributed by atoms with Gasteiger partial charge in [-0.1, -0.05) is 12.1 Å². The molecule has 1 heterocycles. The zero-order valence-corrected chi connectivity index (χ0v) is 11.5. The van der Waals surface area contributed by atoms with Crippen molar-refractivity contribution in [3.8, 4) is 0 Å². The van der Waals surface area contributed by atoms with Crippen LogP contribution in [0.15, 0.2) is 24.3 Å². The van der Waals surface area contributed by atoms with Gasteiger partial charge in [0.25, 0.3) is 5.91 Å². The van der Waals surface area contributed by atoms with Crippen LogP contribution >= 0.6 is 0 Å². The molecule has 4 N–H and O–H groups in total. The second-order valence-electron chi connectivity index (χ2n) is 5.15. The smallest absolute Gasteiger partial charge is 0.254 e. The van der Waals surface area contributed by atoms with Crippen LogP contribution in [0.5, 0.6) is 0 Å². The maximum absolute atomic E-state index is 12.5. The van der Waals surface area contributed by atoms with E-state index >= 15 is 0 Å². The summed E-state index contributed by atoms with van der Waals surface area (Å²) in [5.41, 5.74) is 12.6. The molecule has 1 aromatic carbocycles. The molecule has 0 aliphatic carbocycles. The van der Waals surface area contributed by atoms with Crippen LogP contribution in [0.1, 0.15) is 35.2 Å². The quantitative estimate of drug-likeness (QED) is 0.846. The highest BCUT2D eigenvalue weighted by Crippen LogP contribution is 2.19. The van der Waals surface area contributed by atoms with Gasteiger partial charge in [0.1, 0.15) is 6.04 Å². The first-order valence-electron chi connectivity index (χ1n) is 7.03. The molecule has 1 saturated heterocycles. The minimum absolute atomic E-state index is 0.118. The fourth-order valence-electron chi connectivity index (χ4n) is 2.62. The van der Waals surface area contributed by atoms with Crippen molar-refractivity contribution in [2.24, 2.45) is 11.5 Å². The fourth-order valence-corrected chi connectivity index (χ4v) is 2.62. The monoisotopic (exact) mass is 275 g/mol. The molecule has 0 saturated carbocycles. The molecule has 5 nitrogen and oxygen atoms in total. The topological polar surface area (TPSA) is 89.4 Å². The van der Waals surface area contributed by atoms with Crippen LogP contribution in [0.3, 0.4) is 0 Å². The molecule has 1 atom stereocenters. The number of rotatable bonds is 4. The van der Waals surface area contributed by atoms with Gasteiger partial charge in [0.05, 0.1) is 0 Å². The Bertz CT molecular complexity index is 484. The zero-order valence-electron chi connectivity index (χ0n) is 11.5. The Kier molecular flexibility index (Phi) is 4.74. The lowest BCUT2D eigenvalue weighted by molar-refractivity contribution is -0.123. The summed E-state index contributed by atoms with van der Waals surface area (Å²) in [4.78, 5) is 25.5.